The minimum atomic E-state index is -3.08. The van der Waals surface area contributed by atoms with Gasteiger partial charge in [-0.2, -0.15) is 0 Å². The molecule has 0 saturated heterocycles. The lowest BCUT2D eigenvalue weighted by Crippen LogP contribution is -2.16. The van der Waals surface area contributed by atoms with Crippen LogP contribution in [0.15, 0.2) is 23.1 Å². The summed E-state index contributed by atoms with van der Waals surface area (Å²) in [5, 5.41) is 0. The molecular formula is C12H19NO3S2. The number of nitrogen functional groups attached to an aromatic ring is 1. The molecule has 0 amide bonds. The van der Waals surface area contributed by atoms with Gasteiger partial charge < -0.3 is 5.73 Å². The maximum atomic E-state index is 12.1. The summed E-state index contributed by atoms with van der Waals surface area (Å²) in [6, 6.07) is 5.19. The van der Waals surface area contributed by atoms with Gasteiger partial charge in [0, 0.05) is 22.1 Å². The van der Waals surface area contributed by atoms with Gasteiger partial charge in [0.1, 0.15) is 0 Å². The zero-order valence-electron chi connectivity index (χ0n) is 10.7. The molecule has 0 aliphatic rings. The molecular weight excluding hydrogens is 270 g/mol. The van der Waals surface area contributed by atoms with E-state index in [2.05, 4.69) is 0 Å². The van der Waals surface area contributed by atoms with Crippen molar-refractivity contribution in [3.63, 3.8) is 0 Å². The van der Waals surface area contributed by atoms with Gasteiger partial charge in [-0.15, -0.1) is 0 Å². The smallest absolute Gasteiger partial charge is 0.151 e. The third-order valence-electron chi connectivity index (χ3n) is 2.55. The molecule has 1 rings (SSSR count). The summed E-state index contributed by atoms with van der Waals surface area (Å²) < 4.78 is 35.2. The first-order valence-electron chi connectivity index (χ1n) is 5.80. The zero-order chi connectivity index (χ0) is 13.8. The van der Waals surface area contributed by atoms with Crippen LogP contribution in [0, 0.1) is 6.92 Å². The summed E-state index contributed by atoms with van der Waals surface area (Å²) >= 11 is 0. The number of anilines is 1. The third kappa shape index (κ3) is 4.42. The van der Waals surface area contributed by atoms with E-state index in [9.17, 15) is 12.6 Å². The topological polar surface area (TPSA) is 77.2 Å². The van der Waals surface area contributed by atoms with E-state index in [1.54, 1.807) is 18.2 Å². The summed E-state index contributed by atoms with van der Waals surface area (Å²) in [7, 11) is -4.40. The molecule has 0 bridgehead atoms. The van der Waals surface area contributed by atoms with Gasteiger partial charge in [-0.1, -0.05) is 13.0 Å². The highest BCUT2D eigenvalue weighted by Crippen LogP contribution is 2.17. The Balaban J connectivity index is 2.75. The van der Waals surface area contributed by atoms with Gasteiger partial charge in [-0.05, 0) is 31.0 Å². The van der Waals surface area contributed by atoms with Crippen LogP contribution in [-0.4, -0.2) is 29.9 Å². The lowest BCUT2D eigenvalue weighted by atomic mass is 10.2. The second kappa shape index (κ2) is 6.33. The van der Waals surface area contributed by atoms with E-state index in [1.165, 1.54) is 0 Å². The van der Waals surface area contributed by atoms with Crippen molar-refractivity contribution in [1.29, 1.82) is 0 Å². The van der Waals surface area contributed by atoms with Gasteiger partial charge in [0.05, 0.1) is 16.6 Å². The molecule has 0 aromatic heterocycles. The van der Waals surface area contributed by atoms with Crippen molar-refractivity contribution in [2.75, 3.05) is 23.0 Å². The molecule has 102 valence electrons. The number of aryl methyl sites for hydroxylation is 1. The molecule has 0 spiro atoms. The maximum Gasteiger partial charge on any atom is 0.151 e. The van der Waals surface area contributed by atoms with Crippen molar-refractivity contribution in [3.8, 4) is 0 Å². The molecule has 18 heavy (non-hydrogen) atoms. The van der Waals surface area contributed by atoms with E-state index >= 15 is 0 Å². The Kier molecular flexibility index (Phi) is 5.34. The average molecular weight is 289 g/mol. The van der Waals surface area contributed by atoms with Crippen LogP contribution in [0.25, 0.3) is 0 Å². The van der Waals surface area contributed by atoms with Gasteiger partial charge in [-0.25, -0.2) is 8.42 Å². The largest absolute Gasteiger partial charge is 0.399 e. The SMILES string of the molecule is CCCS(=O)(=O)CCS(=O)c1cc(N)ccc1C. The molecule has 6 heteroatoms. The van der Waals surface area contributed by atoms with Gasteiger partial charge >= 0.3 is 0 Å². The first-order valence-corrected chi connectivity index (χ1v) is 8.94. The average Bonchev–Trinajstić information content (AvgIpc) is 2.29. The molecule has 2 N–H and O–H groups in total. The van der Waals surface area contributed by atoms with Crippen molar-refractivity contribution < 1.29 is 12.6 Å². The molecule has 1 atom stereocenters. The second-order valence-electron chi connectivity index (χ2n) is 4.23. The lowest BCUT2D eigenvalue weighted by Gasteiger charge is -2.07. The molecule has 1 unspecified atom stereocenters. The van der Waals surface area contributed by atoms with Crippen LogP contribution in [0.1, 0.15) is 18.9 Å². The van der Waals surface area contributed by atoms with Crippen LogP contribution in [0.2, 0.25) is 0 Å². The van der Waals surface area contributed by atoms with Gasteiger partial charge in [0.15, 0.2) is 9.84 Å². The Morgan fingerprint density at radius 1 is 1.28 bits per heavy atom. The molecule has 0 fully saturated rings. The third-order valence-corrected chi connectivity index (χ3v) is 6.17. The monoisotopic (exact) mass is 289 g/mol. The zero-order valence-corrected chi connectivity index (χ0v) is 12.3. The first kappa shape index (κ1) is 15.2. The molecule has 0 heterocycles. The molecule has 0 aliphatic carbocycles. The molecule has 0 radical (unpaired) electrons. The minimum absolute atomic E-state index is 0.0400. The Bertz CT molecular complexity index is 538. The van der Waals surface area contributed by atoms with E-state index in [1.807, 2.05) is 13.8 Å². The predicted molar refractivity (Wildman–Crippen MR) is 75.8 cm³/mol. The van der Waals surface area contributed by atoms with Crippen LogP contribution in [0.5, 0.6) is 0 Å². The highest BCUT2D eigenvalue weighted by molar-refractivity contribution is 7.93. The van der Waals surface area contributed by atoms with Crippen LogP contribution in [-0.2, 0) is 20.6 Å². The molecule has 4 nitrogen and oxygen atoms in total. The molecule has 0 saturated carbocycles. The Labute approximate surface area is 111 Å². The standard InChI is InChI=1S/C12H19NO3S2/c1-3-7-18(15,16)8-6-17(14)12-9-11(13)5-4-10(12)2/h4-5,9H,3,6-8,13H2,1-2H3. The van der Waals surface area contributed by atoms with Gasteiger partial charge in [0.25, 0.3) is 0 Å². The quantitative estimate of drug-likeness (QED) is 0.805. The van der Waals surface area contributed by atoms with E-state index in [4.69, 9.17) is 5.73 Å². The van der Waals surface area contributed by atoms with Crippen molar-refractivity contribution in [1.82, 2.24) is 0 Å². The number of hydrogen-bond acceptors (Lipinski definition) is 4. The first-order chi connectivity index (χ1) is 8.35. The number of nitrogens with two attached hydrogens (primary N) is 1. The fourth-order valence-corrected chi connectivity index (χ4v) is 4.95. The van der Waals surface area contributed by atoms with E-state index < -0.39 is 20.6 Å². The summed E-state index contributed by atoms with van der Waals surface area (Å²) in [5.41, 5.74) is 7.06. The van der Waals surface area contributed by atoms with E-state index in [0.29, 0.717) is 17.0 Å². The number of benzene rings is 1. The summed E-state index contributed by atoms with van der Waals surface area (Å²) in [6.45, 7) is 3.66. The van der Waals surface area contributed by atoms with Crippen molar-refractivity contribution in [2.24, 2.45) is 0 Å². The summed E-state index contributed by atoms with van der Waals surface area (Å²) in [5.74, 6) is 0.244. The Hall–Kier alpha value is -0.880. The second-order valence-corrected chi connectivity index (χ2v) is 8.07. The van der Waals surface area contributed by atoms with Crippen molar-refractivity contribution in [2.45, 2.75) is 25.2 Å². The fraction of sp³-hybridized carbons (Fsp3) is 0.500. The van der Waals surface area contributed by atoms with E-state index in [0.717, 1.165) is 5.56 Å². The Morgan fingerprint density at radius 2 is 1.94 bits per heavy atom. The minimum Gasteiger partial charge on any atom is -0.399 e. The molecule has 0 aliphatic heterocycles. The predicted octanol–water partition coefficient (Wildman–Crippen LogP) is 1.51. The normalized spacial score (nSPS) is 13.4. The summed E-state index contributed by atoms with van der Waals surface area (Å²) in [4.78, 5) is 0.627. The van der Waals surface area contributed by atoms with Crippen molar-refractivity contribution in [3.05, 3.63) is 23.8 Å². The van der Waals surface area contributed by atoms with E-state index in [-0.39, 0.29) is 17.3 Å². The van der Waals surface area contributed by atoms with Crippen LogP contribution < -0.4 is 5.73 Å². The van der Waals surface area contributed by atoms with Gasteiger partial charge in [0.2, 0.25) is 0 Å². The van der Waals surface area contributed by atoms with Gasteiger partial charge in [-0.3, -0.25) is 4.21 Å². The lowest BCUT2D eigenvalue weighted by molar-refractivity contribution is 0.595. The Morgan fingerprint density at radius 3 is 2.56 bits per heavy atom. The fourth-order valence-electron chi connectivity index (χ4n) is 1.59. The van der Waals surface area contributed by atoms with Crippen LogP contribution in [0.4, 0.5) is 5.69 Å². The maximum absolute atomic E-state index is 12.1. The molecule has 1 aromatic rings. The highest BCUT2D eigenvalue weighted by Gasteiger charge is 2.14. The summed E-state index contributed by atoms with van der Waals surface area (Å²) in [6.07, 6.45) is 0.590. The van der Waals surface area contributed by atoms with Crippen molar-refractivity contribution >= 4 is 26.3 Å². The highest BCUT2D eigenvalue weighted by atomic mass is 32.2. The number of sulfone groups is 1. The number of rotatable bonds is 6. The number of hydrogen-bond donors (Lipinski definition) is 1. The van der Waals surface area contributed by atoms with Crippen LogP contribution >= 0.6 is 0 Å². The van der Waals surface area contributed by atoms with Crippen LogP contribution in [0.3, 0.4) is 0 Å². The molecule has 1 aromatic carbocycles.